The van der Waals surface area contributed by atoms with Gasteiger partial charge in [-0.2, -0.15) is 0 Å². The van der Waals surface area contributed by atoms with E-state index in [9.17, 15) is 0 Å². The van der Waals surface area contributed by atoms with Crippen LogP contribution in [0.5, 0.6) is 0 Å². The van der Waals surface area contributed by atoms with Crippen molar-refractivity contribution in [3.8, 4) is 0 Å². The maximum absolute atomic E-state index is 8.52. The van der Waals surface area contributed by atoms with Crippen molar-refractivity contribution in [1.82, 2.24) is 24.6 Å². The van der Waals surface area contributed by atoms with E-state index in [0.29, 0.717) is 0 Å². The van der Waals surface area contributed by atoms with E-state index in [1.54, 1.807) is 0 Å². The second kappa shape index (κ2) is 16.2. The van der Waals surface area contributed by atoms with Crippen LogP contribution in [0.15, 0.2) is 0 Å². The summed E-state index contributed by atoms with van der Waals surface area (Å²) in [6.07, 6.45) is 0. The molecule has 0 spiro atoms. The van der Waals surface area contributed by atoms with Crippen molar-refractivity contribution in [2.45, 2.75) is 0 Å². The summed E-state index contributed by atoms with van der Waals surface area (Å²) in [5, 5.41) is 0. The minimum Gasteiger partial charge on any atom is -0.759 e. The van der Waals surface area contributed by atoms with Crippen molar-refractivity contribution < 1.29 is 37.9 Å². The van der Waals surface area contributed by atoms with E-state index in [0.717, 1.165) is 0 Å². The quantitative estimate of drug-likeness (QED) is 0.250. The van der Waals surface area contributed by atoms with E-state index in [1.807, 2.05) is 0 Å². The van der Waals surface area contributed by atoms with Gasteiger partial charge in [-0.15, -0.1) is 0 Å². The van der Waals surface area contributed by atoms with Crippen LogP contribution < -0.4 is 24.6 Å². The summed E-state index contributed by atoms with van der Waals surface area (Å²) in [5.41, 5.74) is 0. The molecule has 0 bridgehead atoms. The minimum absolute atomic E-state index is 0. The van der Waals surface area contributed by atoms with Gasteiger partial charge in [-0.1, -0.05) is 0 Å². The Labute approximate surface area is 73.3 Å². The molecule has 72 valence electrons. The van der Waals surface area contributed by atoms with Gasteiger partial charge >= 0.3 is 20.4 Å². The van der Waals surface area contributed by atoms with Gasteiger partial charge in [0.15, 0.2) is 0 Å². The standard InChI is InChI=1S/4H3N.H2O4S.Pd/c;;;;1-5(2,3)4;/h4*1H3;(H2,1,2,3,4);/q;;;;;+2/p-2. The number of hydrogen-bond donors (Lipinski definition) is 4. The summed E-state index contributed by atoms with van der Waals surface area (Å²) in [4.78, 5) is 0. The fourth-order valence-electron chi connectivity index (χ4n) is 0. The molecule has 0 aromatic carbocycles. The Kier molecular flexibility index (Phi) is 77.1. The maximum Gasteiger partial charge on any atom is 2.00 e. The Hall–Kier alpha value is 0.372. The second-order valence-corrected chi connectivity index (χ2v) is 1.22. The van der Waals surface area contributed by atoms with Crippen molar-refractivity contribution in [3.63, 3.8) is 0 Å². The molecular formula is H12N4O4PdS. The van der Waals surface area contributed by atoms with Gasteiger partial charge in [-0.3, -0.25) is 8.42 Å². The Balaban J connectivity index is -0.00000000800. The third kappa shape index (κ3) is 3280. The average Bonchev–Trinajstić information content (AvgIpc) is 0.722. The van der Waals surface area contributed by atoms with Crippen molar-refractivity contribution >= 4 is 10.4 Å². The third-order valence-corrected chi connectivity index (χ3v) is 0. The van der Waals surface area contributed by atoms with Crippen LogP contribution in [0.25, 0.3) is 0 Å². The van der Waals surface area contributed by atoms with Gasteiger partial charge in [0.1, 0.15) is 0 Å². The van der Waals surface area contributed by atoms with Crippen LogP contribution >= 0.6 is 0 Å². The molecule has 0 amide bonds. The van der Waals surface area contributed by atoms with Gasteiger partial charge in [0.05, 0.1) is 0 Å². The van der Waals surface area contributed by atoms with E-state index in [1.165, 1.54) is 0 Å². The molecule has 12 N–H and O–H groups in total. The van der Waals surface area contributed by atoms with Gasteiger partial charge in [0.25, 0.3) is 0 Å². The van der Waals surface area contributed by atoms with Crippen LogP contribution in [0, 0.1) is 0 Å². The van der Waals surface area contributed by atoms with Gasteiger partial charge in [0.2, 0.25) is 0 Å². The Morgan fingerprint density at radius 3 is 0.800 bits per heavy atom. The van der Waals surface area contributed by atoms with E-state index >= 15 is 0 Å². The first kappa shape index (κ1) is 47.7. The van der Waals surface area contributed by atoms with Gasteiger partial charge in [-0.05, 0) is 0 Å². The second-order valence-electron chi connectivity index (χ2n) is 0.408. The first-order valence-electron chi connectivity index (χ1n) is 0.667. The van der Waals surface area contributed by atoms with Gasteiger partial charge in [-0.25, -0.2) is 0 Å². The summed E-state index contributed by atoms with van der Waals surface area (Å²) in [6, 6.07) is 0. The van der Waals surface area contributed by atoms with E-state index in [-0.39, 0.29) is 45.0 Å². The molecule has 0 aliphatic rings. The average molecular weight is 271 g/mol. The molecule has 8 nitrogen and oxygen atoms in total. The molecule has 0 saturated carbocycles. The normalized spacial score (nSPS) is 5.80. The molecule has 10 heteroatoms. The topological polar surface area (TPSA) is 220 Å². The molecule has 0 fully saturated rings. The minimum atomic E-state index is -5.17. The molecule has 0 aromatic heterocycles. The maximum atomic E-state index is 8.52. The van der Waals surface area contributed by atoms with Crippen molar-refractivity contribution in [1.29, 1.82) is 0 Å². The van der Waals surface area contributed by atoms with E-state index in [2.05, 4.69) is 0 Å². The Morgan fingerprint density at radius 1 is 0.800 bits per heavy atom. The van der Waals surface area contributed by atoms with Crippen LogP contribution in [-0.2, 0) is 30.8 Å². The van der Waals surface area contributed by atoms with Crippen LogP contribution in [-0.4, -0.2) is 17.5 Å². The largest absolute Gasteiger partial charge is 2.00 e. The molecule has 0 rings (SSSR count). The molecule has 0 unspecified atom stereocenters. The van der Waals surface area contributed by atoms with Crippen molar-refractivity contribution in [3.05, 3.63) is 0 Å². The predicted octanol–water partition coefficient (Wildman–Crippen LogP) is -0.693. The van der Waals surface area contributed by atoms with E-state index < -0.39 is 10.4 Å². The molecule has 0 atom stereocenters. The van der Waals surface area contributed by atoms with Crippen LogP contribution in [0.3, 0.4) is 0 Å². The summed E-state index contributed by atoms with van der Waals surface area (Å²) in [6.45, 7) is 0. The van der Waals surface area contributed by atoms with Crippen LogP contribution in [0.2, 0.25) is 0 Å². The summed E-state index contributed by atoms with van der Waals surface area (Å²) >= 11 is 0. The monoisotopic (exact) mass is 270 g/mol. The molecule has 10 heavy (non-hydrogen) atoms. The molecule has 0 saturated heterocycles. The predicted molar refractivity (Wildman–Crippen MR) is 30.6 cm³/mol. The third-order valence-electron chi connectivity index (χ3n) is 0. The number of rotatable bonds is 0. The first-order valence-corrected chi connectivity index (χ1v) is 2.00. The van der Waals surface area contributed by atoms with Crippen LogP contribution in [0.4, 0.5) is 0 Å². The molecular weight excluding hydrogens is 259 g/mol. The molecule has 0 aliphatic heterocycles. The van der Waals surface area contributed by atoms with Gasteiger partial charge < -0.3 is 33.7 Å². The summed E-state index contributed by atoms with van der Waals surface area (Å²) in [5.74, 6) is 0. The van der Waals surface area contributed by atoms with Crippen LogP contribution in [0.1, 0.15) is 0 Å². The zero-order valence-corrected chi connectivity index (χ0v) is 7.56. The first-order chi connectivity index (χ1) is 2.00. The fraction of sp³-hybridized carbons (Fsp3) is 0. The summed E-state index contributed by atoms with van der Waals surface area (Å²) < 4.78 is 34.1. The zero-order valence-electron chi connectivity index (χ0n) is 5.19. The summed E-state index contributed by atoms with van der Waals surface area (Å²) in [7, 11) is -5.17. The SMILES string of the molecule is N.N.N.N.O=S(=O)([O-])[O-].[Pd+2]. The molecule has 0 aromatic rings. The molecule has 0 aliphatic carbocycles. The smallest absolute Gasteiger partial charge is 0.759 e. The Bertz CT molecular complexity index is 100. The zero-order chi connectivity index (χ0) is 4.50. The van der Waals surface area contributed by atoms with E-state index in [4.69, 9.17) is 17.5 Å². The number of hydrogen-bond acceptors (Lipinski definition) is 8. The van der Waals surface area contributed by atoms with Crippen molar-refractivity contribution in [2.24, 2.45) is 0 Å². The molecule has 0 radical (unpaired) electrons. The van der Waals surface area contributed by atoms with Crippen molar-refractivity contribution in [2.75, 3.05) is 0 Å². The fourth-order valence-corrected chi connectivity index (χ4v) is 0. The molecule has 0 heterocycles. The Morgan fingerprint density at radius 2 is 0.800 bits per heavy atom. The van der Waals surface area contributed by atoms with Gasteiger partial charge in [0, 0.05) is 10.4 Å².